The molecule has 1 atom stereocenters. The fraction of sp³-hybridized carbons (Fsp3) is 0.400. The Morgan fingerprint density at radius 3 is 2.75 bits per heavy atom. The molecule has 0 amide bonds. The summed E-state index contributed by atoms with van der Waals surface area (Å²) in [5.41, 5.74) is 3.01. The molecular weight excluding hydrogens is 279 g/mol. The van der Waals surface area contributed by atoms with Crippen molar-refractivity contribution in [3.8, 4) is 0 Å². The maximum absolute atomic E-state index is 13.3. The van der Waals surface area contributed by atoms with E-state index in [1.807, 2.05) is 13.8 Å². The molecule has 0 radical (unpaired) electrons. The molecule has 20 heavy (non-hydrogen) atoms. The van der Waals surface area contributed by atoms with E-state index in [1.165, 1.54) is 12.1 Å². The van der Waals surface area contributed by atoms with Crippen molar-refractivity contribution in [2.24, 2.45) is 7.05 Å². The fourth-order valence-electron chi connectivity index (χ4n) is 2.31. The quantitative estimate of drug-likeness (QED) is 0.939. The first-order valence-corrected chi connectivity index (χ1v) is 6.96. The van der Waals surface area contributed by atoms with Gasteiger partial charge in [-0.2, -0.15) is 5.10 Å². The van der Waals surface area contributed by atoms with Gasteiger partial charge in [-0.05, 0) is 36.6 Å². The summed E-state index contributed by atoms with van der Waals surface area (Å²) in [7, 11) is 1.80. The van der Waals surface area contributed by atoms with E-state index in [4.69, 9.17) is 11.6 Å². The molecular formula is C15H18ClFN2O. The molecule has 0 saturated carbocycles. The average molecular weight is 297 g/mol. The second kappa shape index (κ2) is 5.94. The van der Waals surface area contributed by atoms with Gasteiger partial charge in [-0.3, -0.25) is 4.68 Å². The van der Waals surface area contributed by atoms with Gasteiger partial charge in [-0.1, -0.05) is 24.6 Å². The first-order valence-electron chi connectivity index (χ1n) is 6.58. The van der Waals surface area contributed by atoms with E-state index in [-0.39, 0.29) is 5.82 Å². The Labute approximate surface area is 123 Å². The Morgan fingerprint density at radius 2 is 2.15 bits per heavy atom. The first-order chi connectivity index (χ1) is 9.43. The zero-order valence-electron chi connectivity index (χ0n) is 11.8. The Bertz CT molecular complexity index is 625. The smallest absolute Gasteiger partial charge is 0.123 e. The van der Waals surface area contributed by atoms with E-state index < -0.39 is 6.10 Å². The summed E-state index contributed by atoms with van der Waals surface area (Å²) in [5.74, 6) is -0.352. The van der Waals surface area contributed by atoms with Crippen LogP contribution < -0.4 is 0 Å². The minimum absolute atomic E-state index is 0.312. The number of benzene rings is 1. The van der Waals surface area contributed by atoms with Gasteiger partial charge < -0.3 is 5.11 Å². The fourth-order valence-corrected chi connectivity index (χ4v) is 2.68. The third kappa shape index (κ3) is 2.86. The molecule has 0 aliphatic heterocycles. The molecule has 1 aromatic heterocycles. The molecule has 0 aliphatic carbocycles. The summed E-state index contributed by atoms with van der Waals surface area (Å²) < 4.78 is 15.0. The van der Waals surface area contributed by atoms with Gasteiger partial charge in [0.2, 0.25) is 0 Å². The van der Waals surface area contributed by atoms with Gasteiger partial charge in [0.15, 0.2) is 0 Å². The van der Waals surface area contributed by atoms with Gasteiger partial charge in [0.25, 0.3) is 0 Å². The van der Waals surface area contributed by atoms with Crippen molar-refractivity contribution in [3.63, 3.8) is 0 Å². The third-order valence-electron chi connectivity index (χ3n) is 3.49. The molecule has 1 N–H and O–H groups in total. The van der Waals surface area contributed by atoms with Crippen LogP contribution in [-0.2, 0) is 19.9 Å². The maximum atomic E-state index is 13.3. The number of aromatic nitrogens is 2. The van der Waals surface area contributed by atoms with E-state index >= 15 is 0 Å². The molecule has 3 nitrogen and oxygen atoms in total. The molecule has 0 bridgehead atoms. The van der Waals surface area contributed by atoms with Crippen LogP contribution >= 0.6 is 11.6 Å². The summed E-state index contributed by atoms with van der Waals surface area (Å²) >= 11 is 6.26. The van der Waals surface area contributed by atoms with Gasteiger partial charge in [-0.15, -0.1) is 0 Å². The molecule has 2 aromatic rings. The lowest BCUT2D eigenvalue weighted by atomic mass is 9.99. The van der Waals surface area contributed by atoms with Crippen LogP contribution in [0, 0.1) is 12.7 Å². The van der Waals surface area contributed by atoms with Crippen molar-refractivity contribution in [2.75, 3.05) is 0 Å². The minimum atomic E-state index is -0.802. The van der Waals surface area contributed by atoms with Gasteiger partial charge >= 0.3 is 0 Å². The Hall–Kier alpha value is -1.39. The Morgan fingerprint density at radius 1 is 1.45 bits per heavy atom. The SMILES string of the molecule is CCc1nn(C)c(CC(O)c2cc(F)ccc2C)c1Cl. The Balaban J connectivity index is 2.30. The second-order valence-corrected chi connectivity index (χ2v) is 5.28. The molecule has 108 valence electrons. The molecule has 5 heteroatoms. The van der Waals surface area contributed by atoms with Crippen LogP contribution in [0.4, 0.5) is 4.39 Å². The average Bonchev–Trinajstić information content (AvgIpc) is 2.68. The standard InChI is InChI=1S/C15H18ClFN2O/c1-4-12-15(16)13(19(3)18-12)8-14(20)11-7-10(17)6-5-9(11)2/h5-7,14,20H,4,8H2,1-3H3. The van der Waals surface area contributed by atoms with Crippen LogP contribution in [-0.4, -0.2) is 14.9 Å². The van der Waals surface area contributed by atoms with Crippen molar-refractivity contribution >= 4 is 11.6 Å². The molecule has 0 aliphatic rings. The van der Waals surface area contributed by atoms with Gasteiger partial charge in [-0.25, -0.2) is 4.39 Å². The van der Waals surface area contributed by atoms with Gasteiger partial charge in [0, 0.05) is 13.5 Å². The minimum Gasteiger partial charge on any atom is -0.388 e. The van der Waals surface area contributed by atoms with E-state index in [1.54, 1.807) is 17.8 Å². The van der Waals surface area contributed by atoms with Crippen LogP contribution in [0.1, 0.15) is 35.5 Å². The van der Waals surface area contributed by atoms with E-state index in [9.17, 15) is 9.50 Å². The highest BCUT2D eigenvalue weighted by atomic mass is 35.5. The third-order valence-corrected chi connectivity index (χ3v) is 3.93. The highest BCUT2D eigenvalue weighted by molar-refractivity contribution is 6.31. The van der Waals surface area contributed by atoms with Crippen molar-refractivity contribution < 1.29 is 9.50 Å². The number of rotatable bonds is 4. The van der Waals surface area contributed by atoms with E-state index in [0.29, 0.717) is 17.0 Å². The summed E-state index contributed by atoms with van der Waals surface area (Å²) in [5, 5.41) is 15.2. The number of hydrogen-bond acceptors (Lipinski definition) is 2. The van der Waals surface area contributed by atoms with Crippen LogP contribution in [0.15, 0.2) is 18.2 Å². The summed E-state index contributed by atoms with van der Waals surface area (Å²) in [6, 6.07) is 4.42. The first kappa shape index (κ1) is 15.0. The van der Waals surface area contributed by atoms with Crippen LogP contribution in [0.25, 0.3) is 0 Å². The van der Waals surface area contributed by atoms with Crippen molar-refractivity contribution in [1.82, 2.24) is 9.78 Å². The predicted molar refractivity (Wildman–Crippen MR) is 77.4 cm³/mol. The van der Waals surface area contributed by atoms with Crippen molar-refractivity contribution in [1.29, 1.82) is 0 Å². The monoisotopic (exact) mass is 296 g/mol. The van der Waals surface area contributed by atoms with E-state index in [2.05, 4.69) is 5.10 Å². The highest BCUT2D eigenvalue weighted by Gasteiger charge is 2.19. The normalized spacial score (nSPS) is 12.7. The van der Waals surface area contributed by atoms with Gasteiger partial charge in [0.05, 0.1) is 22.5 Å². The zero-order valence-corrected chi connectivity index (χ0v) is 12.6. The number of halogens is 2. The largest absolute Gasteiger partial charge is 0.388 e. The lowest BCUT2D eigenvalue weighted by Crippen LogP contribution is -2.08. The molecule has 0 saturated heterocycles. The van der Waals surface area contributed by atoms with Crippen molar-refractivity contribution in [3.05, 3.63) is 51.6 Å². The molecule has 1 aromatic carbocycles. The highest BCUT2D eigenvalue weighted by Crippen LogP contribution is 2.28. The predicted octanol–water partition coefficient (Wildman–Crippen LogP) is 3.36. The van der Waals surface area contributed by atoms with Gasteiger partial charge in [0.1, 0.15) is 5.82 Å². The maximum Gasteiger partial charge on any atom is 0.123 e. The number of hydrogen-bond donors (Lipinski definition) is 1. The lowest BCUT2D eigenvalue weighted by Gasteiger charge is -2.14. The topological polar surface area (TPSA) is 38.0 Å². The van der Waals surface area contributed by atoms with Crippen LogP contribution in [0.5, 0.6) is 0 Å². The number of aliphatic hydroxyl groups excluding tert-OH is 1. The van der Waals surface area contributed by atoms with Crippen LogP contribution in [0.2, 0.25) is 5.02 Å². The molecule has 0 fully saturated rings. The lowest BCUT2D eigenvalue weighted by molar-refractivity contribution is 0.174. The van der Waals surface area contributed by atoms with Crippen LogP contribution in [0.3, 0.4) is 0 Å². The molecule has 0 spiro atoms. The zero-order chi connectivity index (χ0) is 14.9. The number of nitrogens with zero attached hydrogens (tertiary/aromatic N) is 2. The second-order valence-electron chi connectivity index (χ2n) is 4.91. The molecule has 1 unspecified atom stereocenters. The number of aliphatic hydroxyl groups is 1. The van der Waals surface area contributed by atoms with E-state index in [0.717, 1.165) is 23.4 Å². The summed E-state index contributed by atoms with van der Waals surface area (Å²) in [6.45, 7) is 3.82. The molecule has 2 rings (SSSR count). The number of aryl methyl sites for hydroxylation is 3. The Kier molecular flexibility index (Phi) is 4.45. The summed E-state index contributed by atoms with van der Waals surface area (Å²) in [4.78, 5) is 0. The molecule has 1 heterocycles. The van der Waals surface area contributed by atoms with Crippen molar-refractivity contribution in [2.45, 2.75) is 32.8 Å². The summed E-state index contributed by atoms with van der Waals surface area (Å²) in [6.07, 6.45) is 0.247.